The number of fused-ring (bicyclic) bond motifs is 1. The number of amides is 3. The minimum Gasteiger partial charge on any atom is -0.327 e. The van der Waals surface area contributed by atoms with Crippen molar-refractivity contribution in [2.24, 2.45) is 29.8 Å². The summed E-state index contributed by atoms with van der Waals surface area (Å²) >= 11 is 1.36. The summed E-state index contributed by atoms with van der Waals surface area (Å²) in [6.45, 7) is 3.95. The molecule has 0 spiro atoms. The molecule has 1 saturated heterocycles. The molecule has 0 N–H and O–H groups in total. The monoisotopic (exact) mass is 361 g/mol. The second-order valence-corrected chi connectivity index (χ2v) is 7.97. The maximum Gasteiger partial charge on any atom is 0.271 e. The van der Waals surface area contributed by atoms with Gasteiger partial charge in [0, 0.05) is 18.6 Å². The SMILES string of the molecule is CC(C)CC(C(=O)N=c1sccn1C)N1C(=O)C2CC=CCC2C1=O. The first-order valence-electron chi connectivity index (χ1n) is 8.60. The van der Waals surface area contributed by atoms with Gasteiger partial charge >= 0.3 is 0 Å². The van der Waals surface area contributed by atoms with Gasteiger partial charge in [0.1, 0.15) is 6.04 Å². The normalized spacial score (nSPS) is 25.0. The summed E-state index contributed by atoms with van der Waals surface area (Å²) in [7, 11) is 1.81. The number of carbonyl (C=O) groups is 3. The zero-order valence-corrected chi connectivity index (χ0v) is 15.5. The Hall–Kier alpha value is -2.02. The van der Waals surface area contributed by atoms with E-state index in [9.17, 15) is 14.4 Å². The van der Waals surface area contributed by atoms with Gasteiger partial charge in [-0.25, -0.2) is 0 Å². The van der Waals surface area contributed by atoms with Crippen molar-refractivity contribution in [2.75, 3.05) is 0 Å². The van der Waals surface area contributed by atoms with Crippen molar-refractivity contribution in [1.82, 2.24) is 9.47 Å². The lowest BCUT2D eigenvalue weighted by Gasteiger charge is -2.25. The van der Waals surface area contributed by atoms with E-state index in [0.717, 1.165) is 0 Å². The lowest BCUT2D eigenvalue weighted by molar-refractivity contribution is -0.147. The molecule has 2 heterocycles. The quantitative estimate of drug-likeness (QED) is 0.607. The van der Waals surface area contributed by atoms with Crippen LogP contribution in [0.1, 0.15) is 33.1 Å². The first-order chi connectivity index (χ1) is 11.9. The molecule has 1 aliphatic heterocycles. The number of aromatic nitrogens is 1. The molecule has 3 atom stereocenters. The van der Waals surface area contributed by atoms with Crippen LogP contribution in [0.25, 0.3) is 0 Å². The van der Waals surface area contributed by atoms with Gasteiger partial charge in [0.15, 0.2) is 4.80 Å². The average Bonchev–Trinajstić information content (AvgIpc) is 3.08. The van der Waals surface area contributed by atoms with Crippen LogP contribution in [0.2, 0.25) is 0 Å². The van der Waals surface area contributed by atoms with Crippen molar-refractivity contribution < 1.29 is 14.4 Å². The van der Waals surface area contributed by atoms with E-state index in [0.29, 0.717) is 24.1 Å². The fourth-order valence-corrected chi connectivity index (χ4v) is 4.23. The van der Waals surface area contributed by atoms with Gasteiger partial charge < -0.3 is 4.57 Å². The van der Waals surface area contributed by atoms with Crippen molar-refractivity contribution >= 4 is 29.1 Å². The van der Waals surface area contributed by atoms with Crippen LogP contribution in [0.5, 0.6) is 0 Å². The number of nitrogens with zero attached hydrogens (tertiary/aromatic N) is 3. The van der Waals surface area contributed by atoms with Crippen molar-refractivity contribution in [3.63, 3.8) is 0 Å². The van der Waals surface area contributed by atoms with Crippen molar-refractivity contribution in [2.45, 2.75) is 39.2 Å². The number of hydrogen-bond donors (Lipinski definition) is 0. The Balaban J connectivity index is 1.94. The minimum absolute atomic E-state index is 0.169. The molecule has 134 valence electrons. The standard InChI is InChI=1S/C18H23N3O3S/c1-11(2)10-14(15(22)19-18-20(3)8-9-25-18)21-16(23)12-6-4-5-7-13(12)17(21)24/h4-5,8-9,11-14H,6-7,10H2,1-3H3. The number of rotatable bonds is 4. The van der Waals surface area contributed by atoms with E-state index >= 15 is 0 Å². The molecular formula is C18H23N3O3S. The summed E-state index contributed by atoms with van der Waals surface area (Å²) in [6, 6.07) is -0.812. The van der Waals surface area contributed by atoms with Crippen LogP contribution in [0.15, 0.2) is 28.7 Å². The number of aryl methyl sites for hydroxylation is 1. The van der Waals surface area contributed by atoms with Gasteiger partial charge in [-0.1, -0.05) is 26.0 Å². The molecule has 1 aliphatic carbocycles. The van der Waals surface area contributed by atoms with Crippen LogP contribution in [0.3, 0.4) is 0 Å². The molecule has 3 amide bonds. The van der Waals surface area contributed by atoms with Crippen LogP contribution < -0.4 is 4.80 Å². The number of imide groups is 1. The van der Waals surface area contributed by atoms with Gasteiger partial charge in [0.25, 0.3) is 5.91 Å². The van der Waals surface area contributed by atoms with Gasteiger partial charge in [0.2, 0.25) is 11.8 Å². The average molecular weight is 361 g/mol. The van der Waals surface area contributed by atoms with E-state index in [4.69, 9.17) is 0 Å². The van der Waals surface area contributed by atoms with Gasteiger partial charge in [-0.05, 0) is 25.2 Å². The molecule has 7 heteroatoms. The number of allylic oxidation sites excluding steroid dienone is 2. The largest absolute Gasteiger partial charge is 0.327 e. The van der Waals surface area contributed by atoms with Gasteiger partial charge in [-0.3, -0.25) is 19.3 Å². The second kappa shape index (κ2) is 7.07. The van der Waals surface area contributed by atoms with Gasteiger partial charge in [-0.2, -0.15) is 4.99 Å². The van der Waals surface area contributed by atoms with Crippen molar-refractivity contribution in [1.29, 1.82) is 0 Å². The van der Waals surface area contributed by atoms with Crippen LogP contribution in [-0.2, 0) is 21.4 Å². The first-order valence-corrected chi connectivity index (χ1v) is 9.48. The highest BCUT2D eigenvalue weighted by Gasteiger charge is 2.51. The molecule has 0 aromatic carbocycles. The Morgan fingerprint density at radius 1 is 1.24 bits per heavy atom. The molecule has 1 aromatic heterocycles. The number of thiazole rings is 1. The summed E-state index contributed by atoms with van der Waals surface area (Å²) in [5.41, 5.74) is 0. The van der Waals surface area contributed by atoms with Crippen LogP contribution in [-0.4, -0.2) is 33.2 Å². The highest BCUT2D eigenvalue weighted by molar-refractivity contribution is 7.07. The summed E-state index contributed by atoms with van der Waals surface area (Å²) in [5.74, 6) is -1.33. The zero-order chi connectivity index (χ0) is 18.1. The Kier molecular flexibility index (Phi) is 5.03. The molecule has 25 heavy (non-hydrogen) atoms. The first kappa shape index (κ1) is 17.8. The maximum atomic E-state index is 12.8. The van der Waals surface area contributed by atoms with E-state index in [1.54, 1.807) is 4.57 Å². The zero-order valence-electron chi connectivity index (χ0n) is 14.7. The van der Waals surface area contributed by atoms with Crippen molar-refractivity contribution in [3.05, 3.63) is 28.5 Å². The van der Waals surface area contributed by atoms with Crippen LogP contribution >= 0.6 is 11.3 Å². The van der Waals surface area contributed by atoms with Crippen LogP contribution in [0, 0.1) is 17.8 Å². The Labute approximate surface area is 150 Å². The van der Waals surface area contributed by atoms with E-state index in [1.165, 1.54) is 16.2 Å². The predicted molar refractivity (Wildman–Crippen MR) is 94.3 cm³/mol. The highest BCUT2D eigenvalue weighted by atomic mass is 32.1. The lowest BCUT2D eigenvalue weighted by atomic mass is 9.85. The molecule has 0 radical (unpaired) electrons. The maximum absolute atomic E-state index is 12.8. The third-order valence-corrected chi connectivity index (χ3v) is 5.65. The fourth-order valence-electron chi connectivity index (χ4n) is 3.50. The van der Waals surface area contributed by atoms with E-state index in [2.05, 4.69) is 4.99 Å². The third-order valence-electron chi connectivity index (χ3n) is 4.80. The van der Waals surface area contributed by atoms with E-state index < -0.39 is 11.9 Å². The smallest absolute Gasteiger partial charge is 0.271 e. The topological polar surface area (TPSA) is 71.7 Å². The van der Waals surface area contributed by atoms with Crippen molar-refractivity contribution in [3.8, 4) is 0 Å². The highest BCUT2D eigenvalue weighted by Crippen LogP contribution is 2.37. The molecule has 3 unspecified atom stereocenters. The molecule has 3 rings (SSSR count). The molecule has 2 aliphatic rings. The Morgan fingerprint density at radius 3 is 2.32 bits per heavy atom. The summed E-state index contributed by atoms with van der Waals surface area (Å²) < 4.78 is 1.76. The van der Waals surface area contributed by atoms with Crippen LogP contribution in [0.4, 0.5) is 0 Å². The Bertz CT molecular complexity index is 763. The fraction of sp³-hybridized carbons (Fsp3) is 0.556. The molecule has 1 aromatic rings. The molecular weight excluding hydrogens is 338 g/mol. The molecule has 6 nitrogen and oxygen atoms in total. The summed E-state index contributed by atoms with van der Waals surface area (Å²) in [4.78, 5) is 44.5. The summed E-state index contributed by atoms with van der Waals surface area (Å²) in [6.07, 6.45) is 7.30. The summed E-state index contributed by atoms with van der Waals surface area (Å²) in [5, 5.41) is 1.84. The number of hydrogen-bond acceptors (Lipinski definition) is 4. The number of likely N-dealkylation sites (tertiary alicyclic amines) is 1. The third kappa shape index (κ3) is 3.38. The van der Waals surface area contributed by atoms with Gasteiger partial charge in [0.05, 0.1) is 11.8 Å². The Morgan fingerprint density at radius 2 is 1.84 bits per heavy atom. The second-order valence-electron chi connectivity index (χ2n) is 7.09. The molecule has 0 saturated carbocycles. The molecule has 1 fully saturated rings. The van der Waals surface area contributed by atoms with E-state index in [-0.39, 0.29) is 29.6 Å². The lowest BCUT2D eigenvalue weighted by Crippen LogP contribution is -2.46. The number of carbonyl (C=O) groups excluding carboxylic acids is 3. The van der Waals surface area contributed by atoms with Gasteiger partial charge in [-0.15, -0.1) is 11.3 Å². The molecule has 0 bridgehead atoms. The predicted octanol–water partition coefficient (Wildman–Crippen LogP) is 1.88. The minimum atomic E-state index is -0.812. The van der Waals surface area contributed by atoms with E-state index in [1.807, 2.05) is 44.6 Å².